The van der Waals surface area contributed by atoms with Gasteiger partial charge in [0.05, 0.1) is 4.92 Å². The number of hydrogen-bond acceptors (Lipinski definition) is 12. The lowest BCUT2D eigenvalue weighted by atomic mass is 10.0. The molecule has 48 heavy (non-hydrogen) atoms. The molecule has 2 N–H and O–H groups in total. The molecule has 2 atom stereocenters. The highest BCUT2D eigenvalue weighted by molar-refractivity contribution is 8.00. The van der Waals surface area contributed by atoms with E-state index in [-0.39, 0.29) is 36.0 Å². The normalized spacial score (nSPS) is 17.4. The summed E-state index contributed by atoms with van der Waals surface area (Å²) in [7, 11) is 0. The Labute approximate surface area is 274 Å². The van der Waals surface area contributed by atoms with Crippen LogP contribution in [0.1, 0.15) is 16.8 Å². The van der Waals surface area contributed by atoms with Gasteiger partial charge in [0.1, 0.15) is 41.8 Å². The van der Waals surface area contributed by atoms with Gasteiger partial charge < -0.3 is 14.9 Å². The number of aromatic nitrogens is 1. The van der Waals surface area contributed by atoms with Crippen molar-refractivity contribution in [3.05, 3.63) is 98.4 Å². The molecule has 0 aliphatic carbocycles. The largest absolute Gasteiger partial charge is 0.471 e. The quantitative estimate of drug-likeness (QED) is 0.0745. The smallest absolute Gasteiger partial charge is 0.456 e. The van der Waals surface area contributed by atoms with Crippen molar-refractivity contribution in [2.75, 3.05) is 11.1 Å². The molecular formula is C28H20F4N6O8S2. The molecule has 0 radical (unpaired) electrons. The predicted octanol–water partition coefficient (Wildman–Crippen LogP) is 3.64. The number of rotatable bonds is 11. The number of nitrogens with one attached hydrogen (secondary N) is 2. The summed E-state index contributed by atoms with van der Waals surface area (Å²) in [5, 5.41) is 18.6. The maximum absolute atomic E-state index is 13.4. The molecule has 0 bridgehead atoms. The Morgan fingerprint density at radius 3 is 2.42 bits per heavy atom. The van der Waals surface area contributed by atoms with Gasteiger partial charge in [-0.05, 0) is 41.5 Å². The molecule has 1 aromatic heterocycles. The fraction of sp³-hybridized carbons (Fsp3) is 0.214. The van der Waals surface area contributed by atoms with Crippen molar-refractivity contribution in [2.45, 2.75) is 30.8 Å². The van der Waals surface area contributed by atoms with Crippen LogP contribution in [-0.4, -0.2) is 67.6 Å². The van der Waals surface area contributed by atoms with Crippen LogP contribution >= 0.6 is 23.1 Å². The van der Waals surface area contributed by atoms with Crippen LogP contribution in [0.15, 0.2) is 70.8 Å². The average Bonchev–Trinajstić information content (AvgIpc) is 3.52. The first-order valence-electron chi connectivity index (χ1n) is 13.5. The van der Waals surface area contributed by atoms with Crippen molar-refractivity contribution in [3.63, 3.8) is 0 Å². The number of oxime groups is 1. The number of thioether (sulfide) groups is 1. The molecule has 1 fully saturated rings. The van der Waals surface area contributed by atoms with Crippen LogP contribution in [0.25, 0.3) is 0 Å². The van der Waals surface area contributed by atoms with E-state index in [2.05, 4.69) is 15.5 Å². The molecule has 3 aromatic rings. The maximum Gasteiger partial charge on any atom is 0.471 e. The van der Waals surface area contributed by atoms with Gasteiger partial charge in [0.2, 0.25) is 0 Å². The number of carbonyl (C=O) groups is 4. The Morgan fingerprint density at radius 2 is 1.75 bits per heavy atom. The minimum Gasteiger partial charge on any atom is -0.456 e. The highest BCUT2D eigenvalue weighted by atomic mass is 32.2. The van der Waals surface area contributed by atoms with Crippen molar-refractivity contribution in [1.82, 2.24) is 15.2 Å². The lowest BCUT2D eigenvalue weighted by Gasteiger charge is -2.48. The number of amides is 3. The number of hydrogen-bond donors (Lipinski definition) is 2. The molecule has 250 valence electrons. The number of anilines is 1. The van der Waals surface area contributed by atoms with E-state index >= 15 is 0 Å². The van der Waals surface area contributed by atoms with Gasteiger partial charge in [-0.15, -0.1) is 23.1 Å². The zero-order chi connectivity index (χ0) is 34.6. The number of carbonyl (C=O) groups excluding carboxylic acids is 4. The number of benzene rings is 2. The zero-order valence-corrected chi connectivity index (χ0v) is 25.6. The van der Waals surface area contributed by atoms with Crippen LogP contribution in [0.4, 0.5) is 28.4 Å². The van der Waals surface area contributed by atoms with E-state index in [1.807, 2.05) is 0 Å². The van der Waals surface area contributed by atoms with Crippen LogP contribution in [0.5, 0.6) is 0 Å². The first-order chi connectivity index (χ1) is 22.8. The number of nitrogens with zero attached hydrogens (tertiary/aromatic N) is 4. The van der Waals surface area contributed by atoms with E-state index in [9.17, 15) is 46.9 Å². The van der Waals surface area contributed by atoms with Crippen molar-refractivity contribution >= 4 is 63.3 Å². The minimum absolute atomic E-state index is 0.0720. The molecule has 0 spiro atoms. The number of fused-ring (bicyclic) bond motifs is 1. The number of β-lactam (4-membered cyclic amide) rings is 1. The number of alkyl halides is 3. The van der Waals surface area contributed by atoms with Gasteiger partial charge in [0.25, 0.3) is 17.5 Å². The summed E-state index contributed by atoms with van der Waals surface area (Å²) in [6.45, 7) is -0.478. The van der Waals surface area contributed by atoms with E-state index in [1.165, 1.54) is 54.2 Å². The second-order valence-corrected chi connectivity index (χ2v) is 11.8. The van der Waals surface area contributed by atoms with Gasteiger partial charge in [-0.25, -0.2) is 14.2 Å². The van der Waals surface area contributed by atoms with Gasteiger partial charge >= 0.3 is 18.1 Å². The van der Waals surface area contributed by atoms with Gasteiger partial charge in [-0.1, -0.05) is 17.3 Å². The Bertz CT molecular complexity index is 1820. The molecule has 2 aromatic carbocycles. The Kier molecular flexibility index (Phi) is 10.0. The molecule has 2 aliphatic heterocycles. The van der Waals surface area contributed by atoms with E-state index in [4.69, 9.17) is 9.57 Å². The first-order valence-corrected chi connectivity index (χ1v) is 15.4. The summed E-state index contributed by atoms with van der Waals surface area (Å²) < 4.78 is 56.7. The highest BCUT2D eigenvalue weighted by Gasteiger charge is 2.53. The molecule has 1 unspecified atom stereocenters. The van der Waals surface area contributed by atoms with Crippen molar-refractivity contribution < 1.29 is 51.2 Å². The zero-order valence-electron chi connectivity index (χ0n) is 23.9. The number of non-ortho nitro benzene ring substituents is 1. The van der Waals surface area contributed by atoms with Gasteiger partial charge in [0, 0.05) is 23.3 Å². The standard InChI is InChI=1S/C28H20F4N6O8S2/c29-16-5-1-15(2-6-16)12-46-36-20(18-13-48-27(33-18)35-26(42)28(30,31)32)22(39)34-21-23(40)37-19(9-10-47-24(21)37)25(41)45-11-14-3-7-17(8-4-14)38(43)44/h1-9,13,21,24H,10-12H2,(H,34,39)(H,33,35,42)/t21?,24-/m1/s1. The monoisotopic (exact) mass is 708 g/mol. The Hall–Kier alpha value is -5.37. The fourth-order valence-corrected chi connectivity index (χ4v) is 6.13. The van der Waals surface area contributed by atoms with Crippen LogP contribution < -0.4 is 10.6 Å². The molecule has 5 rings (SSSR count). The number of thiazole rings is 1. The van der Waals surface area contributed by atoms with Gasteiger partial charge in [-0.3, -0.25) is 34.7 Å². The second-order valence-electron chi connectivity index (χ2n) is 9.80. The predicted molar refractivity (Wildman–Crippen MR) is 161 cm³/mol. The molecule has 3 heterocycles. The number of ether oxygens (including phenoxy) is 1. The third kappa shape index (κ3) is 7.77. The Morgan fingerprint density at radius 1 is 1.08 bits per heavy atom. The summed E-state index contributed by atoms with van der Waals surface area (Å²) in [5.74, 6) is -5.06. The number of halogens is 4. The van der Waals surface area contributed by atoms with E-state index in [0.717, 1.165) is 22.4 Å². The molecule has 1 saturated heterocycles. The summed E-state index contributed by atoms with van der Waals surface area (Å²) in [6.07, 6.45) is -3.73. The van der Waals surface area contributed by atoms with Gasteiger partial charge in [-0.2, -0.15) is 13.2 Å². The molecule has 14 nitrogen and oxygen atoms in total. The number of nitro groups is 1. The second kappa shape index (κ2) is 14.2. The SMILES string of the molecule is O=C(NC1C(=O)N2C(C(=O)OCc3ccc([N+](=O)[O-])cc3)=CCS[C@H]12)C(=NOCc1ccc(F)cc1)c1csc(NC(=O)C(F)(F)F)n1. The molecular weight excluding hydrogens is 688 g/mol. The van der Waals surface area contributed by atoms with E-state index in [0.29, 0.717) is 22.5 Å². The molecule has 20 heteroatoms. The van der Waals surface area contributed by atoms with Crippen LogP contribution in [-0.2, 0) is 42.0 Å². The number of esters is 1. The first kappa shape index (κ1) is 34.0. The van der Waals surface area contributed by atoms with Crippen LogP contribution in [0.3, 0.4) is 0 Å². The number of nitro benzene ring substituents is 1. The molecule has 0 saturated carbocycles. The van der Waals surface area contributed by atoms with Gasteiger partial charge in [0.15, 0.2) is 10.8 Å². The van der Waals surface area contributed by atoms with E-state index < -0.39 is 62.9 Å². The Balaban J connectivity index is 1.26. The highest BCUT2D eigenvalue weighted by Crippen LogP contribution is 2.38. The van der Waals surface area contributed by atoms with Crippen LogP contribution in [0, 0.1) is 15.9 Å². The third-order valence-electron chi connectivity index (χ3n) is 6.60. The average molecular weight is 709 g/mol. The fourth-order valence-electron chi connectivity index (χ4n) is 4.24. The summed E-state index contributed by atoms with van der Waals surface area (Å²) >= 11 is 1.78. The summed E-state index contributed by atoms with van der Waals surface area (Å²) in [5.41, 5.74) is -0.129. The van der Waals surface area contributed by atoms with Crippen LogP contribution in [0.2, 0.25) is 0 Å². The lowest BCUT2D eigenvalue weighted by molar-refractivity contribution is -0.384. The van der Waals surface area contributed by atoms with E-state index in [1.54, 1.807) is 5.32 Å². The molecule has 3 amide bonds. The summed E-state index contributed by atoms with van der Waals surface area (Å²) in [4.78, 5) is 71.2. The molecule has 2 aliphatic rings. The topological polar surface area (TPSA) is 182 Å². The van der Waals surface area contributed by atoms with Crippen molar-refractivity contribution in [2.24, 2.45) is 5.16 Å². The maximum atomic E-state index is 13.4. The lowest BCUT2D eigenvalue weighted by Crippen LogP contribution is -2.70. The van der Waals surface area contributed by atoms with Crippen molar-refractivity contribution in [1.29, 1.82) is 0 Å². The third-order valence-corrected chi connectivity index (χ3v) is 8.54. The van der Waals surface area contributed by atoms with Crippen molar-refractivity contribution in [3.8, 4) is 0 Å². The minimum atomic E-state index is -5.20. The summed E-state index contributed by atoms with van der Waals surface area (Å²) in [6, 6.07) is 9.27.